The zero-order chi connectivity index (χ0) is 15.4. The van der Waals surface area contributed by atoms with E-state index in [-0.39, 0.29) is 23.5 Å². The molecule has 110 valence electrons. The number of guanidine groups is 1. The van der Waals surface area contributed by atoms with Crippen LogP contribution in [0.25, 0.3) is 0 Å². The number of thioether (sulfide) groups is 1. The molecule has 0 unspecified atom stereocenters. The van der Waals surface area contributed by atoms with Gasteiger partial charge in [0.05, 0.1) is 10.7 Å². The summed E-state index contributed by atoms with van der Waals surface area (Å²) in [5.41, 5.74) is 10.9. The number of nitrogens with one attached hydrogen (secondary N) is 1. The average molecular weight is 326 g/mol. The second kappa shape index (κ2) is 6.59. The molecule has 1 atom stereocenters. The molecule has 0 aliphatic carbocycles. The smallest absolute Gasteiger partial charge is 0.262 e. The van der Waals surface area contributed by atoms with Gasteiger partial charge in [0.1, 0.15) is 5.25 Å². The average Bonchev–Trinajstić information content (AvgIpc) is 2.71. The Morgan fingerprint density at radius 1 is 1.43 bits per heavy atom. The molecule has 0 radical (unpaired) electrons. The van der Waals surface area contributed by atoms with Crippen LogP contribution >= 0.6 is 23.4 Å². The van der Waals surface area contributed by atoms with Gasteiger partial charge >= 0.3 is 0 Å². The van der Waals surface area contributed by atoms with Crippen molar-refractivity contribution in [3.8, 4) is 0 Å². The van der Waals surface area contributed by atoms with Crippen LogP contribution in [0.2, 0.25) is 5.02 Å². The molecule has 1 heterocycles. The van der Waals surface area contributed by atoms with E-state index in [2.05, 4.69) is 15.3 Å². The zero-order valence-corrected chi connectivity index (χ0v) is 12.3. The fourth-order valence-corrected chi connectivity index (χ4v) is 2.72. The van der Waals surface area contributed by atoms with E-state index in [1.807, 2.05) is 0 Å². The molecule has 1 aromatic carbocycles. The van der Waals surface area contributed by atoms with Crippen molar-refractivity contribution in [1.29, 1.82) is 0 Å². The number of halogens is 1. The first kappa shape index (κ1) is 15.3. The quantitative estimate of drug-likeness (QED) is 0.563. The Morgan fingerprint density at radius 2 is 2.14 bits per heavy atom. The summed E-state index contributed by atoms with van der Waals surface area (Å²) < 4.78 is 0. The molecule has 0 bridgehead atoms. The highest BCUT2D eigenvalue weighted by Gasteiger charge is 2.30. The summed E-state index contributed by atoms with van der Waals surface area (Å²) in [7, 11) is 0. The number of aliphatic imine (C=N–C) groups is 2. The van der Waals surface area contributed by atoms with E-state index in [0.29, 0.717) is 10.7 Å². The second-order valence-electron chi connectivity index (χ2n) is 4.11. The highest BCUT2D eigenvalue weighted by molar-refractivity contribution is 8.15. The highest BCUT2D eigenvalue weighted by atomic mass is 35.5. The van der Waals surface area contributed by atoms with Crippen LogP contribution in [0.4, 0.5) is 5.69 Å². The van der Waals surface area contributed by atoms with E-state index in [1.165, 1.54) is 0 Å². The molecule has 1 aromatic rings. The number of carbonyl (C=O) groups is 2. The van der Waals surface area contributed by atoms with Crippen molar-refractivity contribution < 1.29 is 9.59 Å². The molecule has 1 aliphatic rings. The summed E-state index contributed by atoms with van der Waals surface area (Å²) in [6.07, 6.45) is -0.0400. The SMILES string of the molecule is NC(N)=NC1=NC(=O)[C@@H](CC(=O)Nc2ccccc2Cl)S1. The molecule has 5 N–H and O–H groups in total. The molecule has 2 amide bonds. The normalized spacial score (nSPS) is 17.3. The van der Waals surface area contributed by atoms with Crippen molar-refractivity contribution in [2.24, 2.45) is 21.5 Å². The van der Waals surface area contributed by atoms with Gasteiger partial charge in [-0.2, -0.15) is 9.98 Å². The van der Waals surface area contributed by atoms with Crippen LogP contribution in [-0.4, -0.2) is 28.2 Å². The van der Waals surface area contributed by atoms with Gasteiger partial charge in [-0.05, 0) is 12.1 Å². The van der Waals surface area contributed by atoms with Gasteiger partial charge in [0.2, 0.25) is 5.91 Å². The number of nitrogens with two attached hydrogens (primary N) is 2. The molecular formula is C12H12ClN5O2S. The van der Waals surface area contributed by atoms with E-state index >= 15 is 0 Å². The summed E-state index contributed by atoms with van der Waals surface area (Å²) in [6.45, 7) is 0. The van der Waals surface area contributed by atoms with Crippen LogP contribution in [0.1, 0.15) is 6.42 Å². The van der Waals surface area contributed by atoms with Gasteiger partial charge in [0.15, 0.2) is 11.1 Å². The van der Waals surface area contributed by atoms with E-state index in [4.69, 9.17) is 23.1 Å². The molecule has 0 fully saturated rings. The Morgan fingerprint density at radius 3 is 2.81 bits per heavy atom. The minimum atomic E-state index is -0.634. The minimum absolute atomic E-state index is 0.0400. The van der Waals surface area contributed by atoms with Gasteiger partial charge in [0.25, 0.3) is 5.91 Å². The lowest BCUT2D eigenvalue weighted by Crippen LogP contribution is -2.23. The number of amides is 2. The number of nitrogens with zero attached hydrogens (tertiary/aromatic N) is 2. The van der Waals surface area contributed by atoms with Crippen LogP contribution in [0.15, 0.2) is 34.3 Å². The van der Waals surface area contributed by atoms with Crippen LogP contribution in [0, 0.1) is 0 Å². The first-order valence-corrected chi connectivity index (χ1v) is 7.14. The Balaban J connectivity index is 1.95. The van der Waals surface area contributed by atoms with E-state index in [9.17, 15) is 9.59 Å². The number of carbonyl (C=O) groups excluding carboxylic acids is 2. The third kappa shape index (κ3) is 4.20. The van der Waals surface area contributed by atoms with Gasteiger partial charge in [-0.1, -0.05) is 35.5 Å². The molecule has 0 aromatic heterocycles. The molecule has 7 nitrogen and oxygen atoms in total. The van der Waals surface area contributed by atoms with Crippen molar-refractivity contribution in [3.63, 3.8) is 0 Å². The number of benzene rings is 1. The Hall–Kier alpha value is -2.06. The van der Waals surface area contributed by atoms with Gasteiger partial charge < -0.3 is 16.8 Å². The van der Waals surface area contributed by atoms with Crippen molar-refractivity contribution in [1.82, 2.24) is 0 Å². The van der Waals surface area contributed by atoms with Crippen molar-refractivity contribution >= 4 is 52.0 Å². The Kier molecular flexibility index (Phi) is 4.81. The summed E-state index contributed by atoms with van der Waals surface area (Å²) >= 11 is 6.99. The number of anilines is 1. The maximum atomic E-state index is 11.9. The number of amidine groups is 1. The first-order chi connectivity index (χ1) is 9.95. The van der Waals surface area contributed by atoms with E-state index in [0.717, 1.165) is 11.8 Å². The lowest BCUT2D eigenvalue weighted by molar-refractivity contribution is -0.121. The highest BCUT2D eigenvalue weighted by Crippen LogP contribution is 2.27. The third-order valence-electron chi connectivity index (χ3n) is 2.47. The molecule has 1 aliphatic heterocycles. The van der Waals surface area contributed by atoms with Gasteiger partial charge in [0, 0.05) is 6.42 Å². The summed E-state index contributed by atoms with van der Waals surface area (Å²) in [4.78, 5) is 30.9. The van der Waals surface area contributed by atoms with Crippen LogP contribution in [-0.2, 0) is 9.59 Å². The zero-order valence-electron chi connectivity index (χ0n) is 10.7. The summed E-state index contributed by atoms with van der Waals surface area (Å²) in [5, 5.41) is 2.59. The lowest BCUT2D eigenvalue weighted by atomic mass is 10.2. The monoisotopic (exact) mass is 325 g/mol. The predicted octanol–water partition coefficient (Wildman–Crippen LogP) is 0.940. The fraction of sp³-hybridized carbons (Fsp3) is 0.167. The fourth-order valence-electron chi connectivity index (χ4n) is 1.59. The van der Waals surface area contributed by atoms with Crippen molar-refractivity contribution in [2.75, 3.05) is 5.32 Å². The first-order valence-electron chi connectivity index (χ1n) is 5.89. The number of rotatable bonds is 3. The number of hydrogen-bond acceptors (Lipinski definition) is 4. The number of para-hydroxylation sites is 1. The van der Waals surface area contributed by atoms with Gasteiger partial charge in [-0.25, -0.2) is 0 Å². The van der Waals surface area contributed by atoms with Crippen LogP contribution in [0.5, 0.6) is 0 Å². The Labute approximate surface area is 129 Å². The van der Waals surface area contributed by atoms with Gasteiger partial charge in [-0.3, -0.25) is 9.59 Å². The molecular weight excluding hydrogens is 314 g/mol. The predicted molar refractivity (Wildman–Crippen MR) is 84.3 cm³/mol. The molecule has 21 heavy (non-hydrogen) atoms. The maximum absolute atomic E-state index is 11.9. The molecule has 0 spiro atoms. The molecule has 0 saturated carbocycles. The molecule has 2 rings (SSSR count). The maximum Gasteiger partial charge on any atom is 0.262 e. The summed E-state index contributed by atoms with van der Waals surface area (Å²) in [5.74, 6) is -0.959. The van der Waals surface area contributed by atoms with Crippen LogP contribution in [0.3, 0.4) is 0 Å². The minimum Gasteiger partial charge on any atom is -0.370 e. The second-order valence-corrected chi connectivity index (χ2v) is 5.69. The van der Waals surface area contributed by atoms with Crippen LogP contribution < -0.4 is 16.8 Å². The lowest BCUT2D eigenvalue weighted by Gasteiger charge is -2.09. The summed E-state index contributed by atoms with van der Waals surface area (Å²) in [6, 6.07) is 6.83. The van der Waals surface area contributed by atoms with Crippen molar-refractivity contribution in [3.05, 3.63) is 29.3 Å². The number of hydrogen-bond donors (Lipinski definition) is 3. The Bertz CT molecular complexity index is 642. The molecule has 9 heteroatoms. The van der Waals surface area contributed by atoms with Crippen molar-refractivity contribution in [2.45, 2.75) is 11.7 Å². The topological polar surface area (TPSA) is 123 Å². The standard InChI is InChI=1S/C12H12ClN5O2S/c13-6-3-1-2-4-7(6)16-9(19)5-8-10(20)17-12(21-8)18-11(14)15/h1-4,8H,5H2,(H,16,19)(H4,14,15,17,18,20)/t8-/m1/s1. The van der Waals surface area contributed by atoms with E-state index < -0.39 is 11.2 Å². The van der Waals surface area contributed by atoms with Gasteiger partial charge in [-0.15, -0.1) is 0 Å². The largest absolute Gasteiger partial charge is 0.370 e. The molecule has 0 saturated heterocycles. The third-order valence-corrected chi connectivity index (χ3v) is 3.85. The van der Waals surface area contributed by atoms with E-state index in [1.54, 1.807) is 24.3 Å².